The standard InChI is InChI=1S/C18H19FO5S/c1-10-18(2,7-8-23-10)17(21)24-9-11-14-12(19)5-4-6-13(14)25-15(11)16(20)22-3/h4-6,10H,7-9H2,1-3H3. The normalized spacial score (nSPS) is 23.0. The van der Waals surface area contributed by atoms with Crippen LogP contribution in [0.1, 0.15) is 35.5 Å². The molecule has 7 heteroatoms. The highest BCUT2D eigenvalue weighted by Gasteiger charge is 2.45. The Labute approximate surface area is 148 Å². The predicted octanol–water partition coefficient (Wildman–Crippen LogP) is 3.69. The highest BCUT2D eigenvalue weighted by molar-refractivity contribution is 7.21. The number of halogens is 1. The average Bonchev–Trinajstić information content (AvgIpc) is 3.14. The van der Waals surface area contributed by atoms with Gasteiger partial charge in [0.05, 0.1) is 18.6 Å². The first kappa shape index (κ1) is 17.8. The number of fused-ring (bicyclic) bond motifs is 1. The number of methoxy groups -OCH3 is 1. The fraction of sp³-hybridized carbons (Fsp3) is 0.444. The molecule has 0 aliphatic carbocycles. The number of thiophene rings is 1. The second kappa shape index (κ2) is 6.72. The van der Waals surface area contributed by atoms with E-state index in [4.69, 9.17) is 14.2 Å². The van der Waals surface area contributed by atoms with E-state index in [-0.39, 0.29) is 17.6 Å². The summed E-state index contributed by atoms with van der Waals surface area (Å²) in [6.07, 6.45) is 0.311. The molecular formula is C18H19FO5S. The van der Waals surface area contributed by atoms with Crippen molar-refractivity contribution in [3.05, 3.63) is 34.5 Å². The Morgan fingerprint density at radius 3 is 2.84 bits per heavy atom. The number of carbonyl (C=O) groups excluding carboxylic acids is 2. The van der Waals surface area contributed by atoms with Crippen molar-refractivity contribution in [2.24, 2.45) is 5.41 Å². The topological polar surface area (TPSA) is 61.8 Å². The van der Waals surface area contributed by atoms with E-state index in [0.29, 0.717) is 28.7 Å². The molecule has 1 saturated heterocycles. The summed E-state index contributed by atoms with van der Waals surface area (Å²) < 4.78 is 30.6. The molecule has 0 N–H and O–H groups in total. The first-order valence-corrected chi connectivity index (χ1v) is 8.77. The number of benzene rings is 1. The van der Waals surface area contributed by atoms with Gasteiger partial charge in [-0.1, -0.05) is 6.07 Å². The maximum absolute atomic E-state index is 14.3. The smallest absolute Gasteiger partial charge is 0.348 e. The highest BCUT2D eigenvalue weighted by Crippen LogP contribution is 2.38. The van der Waals surface area contributed by atoms with Gasteiger partial charge in [0.1, 0.15) is 17.3 Å². The fourth-order valence-electron chi connectivity index (χ4n) is 2.97. The SMILES string of the molecule is COC(=O)c1sc2cccc(F)c2c1COC(=O)C1(C)CCOC1C. The van der Waals surface area contributed by atoms with Crippen molar-refractivity contribution in [2.75, 3.05) is 13.7 Å². The molecule has 0 saturated carbocycles. The average molecular weight is 366 g/mol. The van der Waals surface area contributed by atoms with E-state index >= 15 is 0 Å². The lowest BCUT2D eigenvalue weighted by Gasteiger charge is -2.24. The van der Waals surface area contributed by atoms with Crippen molar-refractivity contribution in [3.8, 4) is 0 Å². The van der Waals surface area contributed by atoms with Crippen LogP contribution in [0.3, 0.4) is 0 Å². The number of esters is 2. The molecular weight excluding hydrogens is 347 g/mol. The molecule has 1 aromatic carbocycles. The van der Waals surface area contributed by atoms with Crippen molar-refractivity contribution in [1.82, 2.24) is 0 Å². The zero-order valence-electron chi connectivity index (χ0n) is 14.3. The van der Waals surface area contributed by atoms with Crippen LogP contribution in [0, 0.1) is 11.2 Å². The van der Waals surface area contributed by atoms with Crippen molar-refractivity contribution in [1.29, 1.82) is 0 Å². The molecule has 0 spiro atoms. The Hall–Kier alpha value is -1.99. The van der Waals surface area contributed by atoms with Gasteiger partial charge in [-0.05, 0) is 32.4 Å². The minimum Gasteiger partial charge on any atom is -0.465 e. The maximum atomic E-state index is 14.3. The second-order valence-corrected chi connectivity index (χ2v) is 7.32. The summed E-state index contributed by atoms with van der Waals surface area (Å²) in [5.41, 5.74) is -0.399. The third-order valence-electron chi connectivity index (χ3n) is 4.83. The summed E-state index contributed by atoms with van der Waals surface area (Å²) >= 11 is 1.12. The van der Waals surface area contributed by atoms with Gasteiger partial charge in [0, 0.05) is 22.3 Å². The van der Waals surface area contributed by atoms with Crippen LogP contribution in [0.5, 0.6) is 0 Å². The van der Waals surface area contributed by atoms with Gasteiger partial charge in [0.25, 0.3) is 0 Å². The predicted molar refractivity (Wildman–Crippen MR) is 91.1 cm³/mol. The van der Waals surface area contributed by atoms with Gasteiger partial charge in [-0.15, -0.1) is 11.3 Å². The molecule has 0 radical (unpaired) electrons. The van der Waals surface area contributed by atoms with Crippen LogP contribution in [0.15, 0.2) is 18.2 Å². The summed E-state index contributed by atoms with van der Waals surface area (Å²) in [5, 5.41) is 0.293. The van der Waals surface area contributed by atoms with Crippen molar-refractivity contribution in [2.45, 2.75) is 33.0 Å². The molecule has 0 amide bonds. The number of hydrogen-bond acceptors (Lipinski definition) is 6. The molecule has 1 aliphatic heterocycles. The summed E-state index contributed by atoms with van der Waals surface area (Å²) in [6.45, 7) is 3.93. The lowest BCUT2D eigenvalue weighted by atomic mass is 9.84. The van der Waals surface area contributed by atoms with Gasteiger partial charge in [-0.2, -0.15) is 0 Å². The number of carbonyl (C=O) groups is 2. The minimum atomic E-state index is -0.740. The largest absolute Gasteiger partial charge is 0.465 e. The summed E-state index contributed by atoms with van der Waals surface area (Å²) in [7, 11) is 1.26. The molecule has 2 atom stereocenters. The van der Waals surface area contributed by atoms with Crippen LogP contribution in [0.4, 0.5) is 4.39 Å². The first-order valence-electron chi connectivity index (χ1n) is 7.95. The van der Waals surface area contributed by atoms with Crippen molar-refractivity contribution < 1.29 is 28.2 Å². The Kier molecular flexibility index (Phi) is 4.79. The summed E-state index contributed by atoms with van der Waals surface area (Å²) in [6, 6.07) is 4.61. The quantitative estimate of drug-likeness (QED) is 0.773. The molecule has 1 aliphatic rings. The molecule has 134 valence electrons. The minimum absolute atomic E-state index is 0.188. The van der Waals surface area contributed by atoms with Crippen molar-refractivity contribution in [3.63, 3.8) is 0 Å². The third kappa shape index (κ3) is 3.02. The molecule has 0 bridgehead atoms. The Bertz CT molecular complexity index is 830. The van der Waals surface area contributed by atoms with Crippen molar-refractivity contribution >= 4 is 33.4 Å². The lowest BCUT2D eigenvalue weighted by Crippen LogP contribution is -2.35. The van der Waals surface area contributed by atoms with Gasteiger partial charge < -0.3 is 14.2 Å². The van der Waals surface area contributed by atoms with E-state index in [9.17, 15) is 14.0 Å². The number of rotatable bonds is 4. The van der Waals surface area contributed by atoms with Gasteiger partial charge in [-0.25, -0.2) is 9.18 Å². The van der Waals surface area contributed by atoms with Crippen LogP contribution >= 0.6 is 11.3 Å². The van der Waals surface area contributed by atoms with E-state index in [0.717, 1.165) is 11.3 Å². The lowest BCUT2D eigenvalue weighted by molar-refractivity contribution is -0.159. The van der Waals surface area contributed by atoms with E-state index < -0.39 is 23.2 Å². The van der Waals surface area contributed by atoms with Crippen LogP contribution in [-0.4, -0.2) is 31.8 Å². The van der Waals surface area contributed by atoms with Crippen LogP contribution < -0.4 is 0 Å². The van der Waals surface area contributed by atoms with E-state index in [1.54, 1.807) is 19.1 Å². The molecule has 1 fully saturated rings. The fourth-order valence-corrected chi connectivity index (χ4v) is 4.11. The molecule has 3 rings (SSSR count). The van der Waals surface area contributed by atoms with E-state index in [1.807, 2.05) is 6.92 Å². The number of ether oxygens (including phenoxy) is 3. The van der Waals surface area contributed by atoms with Crippen LogP contribution in [-0.2, 0) is 25.6 Å². The molecule has 2 unspecified atom stereocenters. The van der Waals surface area contributed by atoms with Crippen LogP contribution in [0.2, 0.25) is 0 Å². The van der Waals surface area contributed by atoms with E-state index in [2.05, 4.69) is 0 Å². The van der Waals surface area contributed by atoms with Gasteiger partial charge >= 0.3 is 11.9 Å². The Balaban J connectivity index is 1.92. The monoisotopic (exact) mass is 366 g/mol. The number of hydrogen-bond donors (Lipinski definition) is 0. The molecule has 25 heavy (non-hydrogen) atoms. The molecule has 1 aromatic heterocycles. The summed E-state index contributed by atoms with van der Waals surface area (Å²) in [5.74, 6) is -1.45. The zero-order valence-corrected chi connectivity index (χ0v) is 15.1. The van der Waals surface area contributed by atoms with Crippen LogP contribution in [0.25, 0.3) is 10.1 Å². The third-order valence-corrected chi connectivity index (χ3v) is 6.01. The Morgan fingerprint density at radius 2 is 2.20 bits per heavy atom. The first-order chi connectivity index (χ1) is 11.9. The van der Waals surface area contributed by atoms with Gasteiger partial charge in [0.2, 0.25) is 0 Å². The highest BCUT2D eigenvalue weighted by atomic mass is 32.1. The molecule has 2 aromatic rings. The molecule has 5 nitrogen and oxygen atoms in total. The second-order valence-electron chi connectivity index (χ2n) is 6.27. The molecule has 2 heterocycles. The van der Waals surface area contributed by atoms with Gasteiger partial charge in [0.15, 0.2) is 0 Å². The maximum Gasteiger partial charge on any atom is 0.348 e. The summed E-state index contributed by atoms with van der Waals surface area (Å²) in [4.78, 5) is 24.8. The van der Waals surface area contributed by atoms with E-state index in [1.165, 1.54) is 13.2 Å². The van der Waals surface area contributed by atoms with Gasteiger partial charge in [-0.3, -0.25) is 4.79 Å². The Morgan fingerprint density at radius 1 is 1.44 bits per heavy atom. The zero-order chi connectivity index (χ0) is 18.2.